The Balaban J connectivity index is 1.77. The number of benzene rings is 2. The molecule has 1 aliphatic rings. The summed E-state index contributed by atoms with van der Waals surface area (Å²) in [6.45, 7) is 3.35. The van der Waals surface area contributed by atoms with Gasteiger partial charge in [0, 0.05) is 25.0 Å². The van der Waals surface area contributed by atoms with E-state index in [1.54, 1.807) is 6.07 Å². The van der Waals surface area contributed by atoms with Gasteiger partial charge < -0.3 is 15.3 Å². The van der Waals surface area contributed by atoms with Crippen LogP contribution in [0.2, 0.25) is 0 Å². The third-order valence-corrected chi connectivity index (χ3v) is 6.71. The van der Waals surface area contributed by atoms with Gasteiger partial charge in [-0.3, -0.25) is 9.11 Å². The Labute approximate surface area is 165 Å². The van der Waals surface area contributed by atoms with Crippen molar-refractivity contribution < 1.29 is 14.2 Å². The Bertz CT molecular complexity index is 1010. The lowest BCUT2D eigenvalue weighted by Crippen LogP contribution is -2.27. The molecule has 0 unspecified atom stereocenters. The van der Waals surface area contributed by atoms with Gasteiger partial charge in [-0.15, -0.1) is 0 Å². The molecule has 8 heteroatoms. The summed E-state index contributed by atoms with van der Waals surface area (Å²) < 4.78 is 21.2. The molecule has 148 valence electrons. The number of fused-ring (bicyclic) bond motifs is 2. The lowest BCUT2D eigenvalue weighted by atomic mass is 10.1. The molecular weight excluding hydrogens is 376 g/mol. The number of aliphatic hydroxyl groups excluding tert-OH is 1. The predicted molar refractivity (Wildman–Crippen MR) is 113 cm³/mol. The zero-order valence-electron chi connectivity index (χ0n) is 15.7. The van der Waals surface area contributed by atoms with Crippen molar-refractivity contribution in [3.63, 3.8) is 0 Å². The molecule has 0 fully saturated rings. The van der Waals surface area contributed by atoms with Crippen LogP contribution in [0.3, 0.4) is 0 Å². The van der Waals surface area contributed by atoms with Gasteiger partial charge in [-0.25, -0.2) is 4.98 Å². The predicted octanol–water partition coefficient (Wildman–Crippen LogP) is 3.47. The van der Waals surface area contributed by atoms with Crippen LogP contribution in [-0.4, -0.2) is 49.6 Å². The third kappa shape index (κ3) is 3.64. The molecule has 0 spiro atoms. The summed E-state index contributed by atoms with van der Waals surface area (Å²) in [5.74, 6) is 1.43. The summed E-state index contributed by atoms with van der Waals surface area (Å²) in [6, 6.07) is 13.4. The maximum absolute atomic E-state index is 10.6. The number of hydrogen-bond acceptors (Lipinski definition) is 7. The van der Waals surface area contributed by atoms with E-state index in [-0.39, 0.29) is 12.4 Å². The van der Waals surface area contributed by atoms with E-state index < -0.39 is 10.6 Å². The van der Waals surface area contributed by atoms with Gasteiger partial charge in [-0.1, -0.05) is 29.8 Å². The minimum atomic E-state index is -2.84. The van der Waals surface area contributed by atoms with Gasteiger partial charge in [0.2, 0.25) is 5.95 Å². The second-order valence-corrected chi connectivity index (χ2v) is 9.12. The molecule has 0 radical (unpaired) electrons. The molecule has 0 atom stereocenters. The SMILES string of the molecule is Cc1ccc2nc(N3CCS(O)(O)c4ccccc4C3)nc(NCCO)c2c1. The van der Waals surface area contributed by atoms with Crippen molar-refractivity contribution >= 4 is 33.3 Å². The number of aryl methyl sites for hydroxylation is 1. The van der Waals surface area contributed by atoms with Crippen LogP contribution in [-0.2, 0) is 6.54 Å². The highest BCUT2D eigenvalue weighted by molar-refractivity contribution is 8.24. The van der Waals surface area contributed by atoms with Crippen LogP contribution in [0.25, 0.3) is 10.9 Å². The molecule has 1 aliphatic heterocycles. The van der Waals surface area contributed by atoms with Crippen LogP contribution in [0, 0.1) is 6.92 Å². The summed E-state index contributed by atoms with van der Waals surface area (Å²) >= 11 is 0. The highest BCUT2D eigenvalue weighted by atomic mass is 32.3. The molecule has 28 heavy (non-hydrogen) atoms. The molecule has 7 nitrogen and oxygen atoms in total. The fourth-order valence-electron chi connectivity index (χ4n) is 3.44. The van der Waals surface area contributed by atoms with Crippen LogP contribution in [0.4, 0.5) is 11.8 Å². The van der Waals surface area contributed by atoms with Crippen LogP contribution < -0.4 is 10.2 Å². The number of nitrogens with zero attached hydrogens (tertiary/aromatic N) is 3. The molecule has 3 aromatic rings. The van der Waals surface area contributed by atoms with Crippen LogP contribution in [0.5, 0.6) is 0 Å². The Morgan fingerprint density at radius 3 is 2.79 bits per heavy atom. The maximum Gasteiger partial charge on any atom is 0.228 e. The van der Waals surface area contributed by atoms with Gasteiger partial charge in [0.1, 0.15) is 5.82 Å². The number of aromatic nitrogens is 2. The van der Waals surface area contributed by atoms with E-state index in [9.17, 15) is 14.2 Å². The number of rotatable bonds is 4. The van der Waals surface area contributed by atoms with E-state index in [4.69, 9.17) is 9.97 Å². The normalized spacial score (nSPS) is 17.1. The molecule has 0 saturated heterocycles. The van der Waals surface area contributed by atoms with Gasteiger partial charge >= 0.3 is 0 Å². The van der Waals surface area contributed by atoms with Crippen molar-refractivity contribution in [3.05, 3.63) is 53.6 Å². The minimum absolute atomic E-state index is 0.00460. The van der Waals surface area contributed by atoms with E-state index >= 15 is 0 Å². The van der Waals surface area contributed by atoms with Crippen molar-refractivity contribution in [1.29, 1.82) is 0 Å². The molecule has 1 aromatic heterocycles. The largest absolute Gasteiger partial charge is 0.395 e. The first-order valence-corrected chi connectivity index (χ1v) is 10.9. The fourth-order valence-corrected chi connectivity index (χ4v) is 4.98. The molecule has 2 aromatic carbocycles. The topological polar surface area (TPSA) is 102 Å². The molecule has 4 N–H and O–H groups in total. The highest BCUT2D eigenvalue weighted by Crippen LogP contribution is 2.51. The van der Waals surface area contributed by atoms with E-state index in [0.29, 0.717) is 36.3 Å². The minimum Gasteiger partial charge on any atom is -0.395 e. The lowest BCUT2D eigenvalue weighted by Gasteiger charge is -2.32. The first-order chi connectivity index (χ1) is 13.5. The average molecular weight is 401 g/mol. The molecule has 4 rings (SSSR count). The van der Waals surface area contributed by atoms with Crippen LogP contribution in [0.1, 0.15) is 11.1 Å². The maximum atomic E-state index is 10.6. The quantitative estimate of drug-likeness (QED) is 0.532. The Morgan fingerprint density at radius 1 is 1.14 bits per heavy atom. The highest BCUT2D eigenvalue weighted by Gasteiger charge is 2.27. The van der Waals surface area contributed by atoms with E-state index in [1.807, 2.05) is 48.2 Å². The van der Waals surface area contributed by atoms with Crippen LogP contribution in [0.15, 0.2) is 47.4 Å². The molecule has 0 aliphatic carbocycles. The van der Waals surface area contributed by atoms with E-state index in [1.165, 1.54) is 0 Å². The van der Waals surface area contributed by atoms with Gasteiger partial charge in [0.05, 0.1) is 22.8 Å². The second kappa shape index (κ2) is 7.56. The fraction of sp³-hybridized carbons (Fsp3) is 0.300. The molecule has 0 bridgehead atoms. The lowest BCUT2D eigenvalue weighted by molar-refractivity contribution is 0.311. The summed E-state index contributed by atoms with van der Waals surface area (Å²) in [6.07, 6.45) is 0. The molecular formula is C20H24N4O3S. The van der Waals surface area contributed by atoms with Crippen LogP contribution >= 0.6 is 10.6 Å². The first-order valence-electron chi connectivity index (χ1n) is 9.20. The number of hydrogen-bond donors (Lipinski definition) is 4. The van der Waals surface area contributed by atoms with Crippen molar-refractivity contribution in [2.75, 3.05) is 35.7 Å². The zero-order valence-corrected chi connectivity index (χ0v) is 16.5. The number of nitrogens with one attached hydrogen (secondary N) is 1. The molecule has 0 amide bonds. The monoisotopic (exact) mass is 400 g/mol. The molecule has 0 saturated carbocycles. The van der Waals surface area contributed by atoms with E-state index in [2.05, 4.69) is 5.32 Å². The van der Waals surface area contributed by atoms with E-state index in [0.717, 1.165) is 22.0 Å². The van der Waals surface area contributed by atoms with Gasteiger partial charge in [0.15, 0.2) is 0 Å². The van der Waals surface area contributed by atoms with Gasteiger partial charge in [-0.05, 0) is 30.7 Å². The molecule has 2 heterocycles. The van der Waals surface area contributed by atoms with Gasteiger partial charge in [-0.2, -0.15) is 15.6 Å². The smallest absolute Gasteiger partial charge is 0.228 e. The second-order valence-electron chi connectivity index (χ2n) is 6.94. The zero-order chi connectivity index (χ0) is 19.7. The Kier molecular flexibility index (Phi) is 5.11. The third-order valence-electron chi connectivity index (χ3n) is 4.86. The van der Waals surface area contributed by atoms with Crippen molar-refractivity contribution in [3.8, 4) is 0 Å². The standard InChI is InChI=1S/C20H24N4O3S/c1-14-6-7-17-16(12-14)19(21-8-10-25)23-20(22-17)24-9-11-28(26,27)18-5-3-2-4-15(18)13-24/h2-7,12,25-27H,8-11,13H2,1H3,(H,21,22,23). The van der Waals surface area contributed by atoms with Crippen molar-refractivity contribution in [2.24, 2.45) is 0 Å². The number of anilines is 2. The summed E-state index contributed by atoms with van der Waals surface area (Å²) in [5.41, 5.74) is 2.78. The van der Waals surface area contributed by atoms with Crippen molar-refractivity contribution in [1.82, 2.24) is 9.97 Å². The Morgan fingerprint density at radius 2 is 1.96 bits per heavy atom. The Hall–Kier alpha value is -2.39. The van der Waals surface area contributed by atoms with Gasteiger partial charge in [0.25, 0.3) is 0 Å². The number of aliphatic hydroxyl groups is 1. The summed E-state index contributed by atoms with van der Waals surface area (Å²) in [5, 5.41) is 13.3. The van der Waals surface area contributed by atoms with Crippen molar-refractivity contribution in [2.45, 2.75) is 18.4 Å². The summed E-state index contributed by atoms with van der Waals surface area (Å²) in [7, 11) is -2.84. The average Bonchev–Trinajstić information content (AvgIpc) is 2.82. The summed E-state index contributed by atoms with van der Waals surface area (Å²) in [4.78, 5) is 12.0. The first kappa shape index (κ1) is 18.9.